The van der Waals surface area contributed by atoms with Crippen LogP contribution >= 0.6 is 23.2 Å². The van der Waals surface area contributed by atoms with E-state index in [0.29, 0.717) is 34.4 Å². The summed E-state index contributed by atoms with van der Waals surface area (Å²) in [6.45, 7) is 1.32. The lowest BCUT2D eigenvalue weighted by Gasteiger charge is -2.27. The minimum Gasteiger partial charge on any atom is -0.357 e. The number of hydrogen-bond donors (Lipinski definition) is 3. The summed E-state index contributed by atoms with van der Waals surface area (Å²) in [7, 11) is 0. The second kappa shape index (κ2) is 8.06. The molecule has 0 saturated carbocycles. The fourth-order valence-electron chi connectivity index (χ4n) is 3.71. The number of rotatable bonds is 4. The summed E-state index contributed by atoms with van der Waals surface area (Å²) in [6.07, 6.45) is 0.942. The quantitative estimate of drug-likeness (QED) is 0.584. The smallest absolute Gasteiger partial charge is 0.254 e. The predicted molar refractivity (Wildman–Crippen MR) is 116 cm³/mol. The van der Waals surface area contributed by atoms with Crippen LogP contribution in [0.25, 0.3) is 10.9 Å². The highest BCUT2D eigenvalue weighted by Crippen LogP contribution is 2.30. The second-order valence-electron chi connectivity index (χ2n) is 7.06. The number of nitrogens with two attached hydrogens (primary N) is 1. The molecule has 0 atom stereocenters. The Kier molecular flexibility index (Phi) is 5.50. The average molecular weight is 431 g/mol. The van der Waals surface area contributed by atoms with Crippen LogP contribution in [0.15, 0.2) is 36.4 Å². The van der Waals surface area contributed by atoms with Crippen LogP contribution in [0.5, 0.6) is 0 Å². The number of carbonyl (C=O) groups is 2. The molecule has 2 amide bonds. The molecule has 0 radical (unpaired) electrons. The second-order valence-corrected chi connectivity index (χ2v) is 7.94. The standard InChI is InChI=1S/C21H20Cl2N4O2/c22-13-1-2-18-17(10-13)16-4-6-27(11-19(16)26-18)21(29)12-7-14(23)9-15(8-12)25-20(28)3-5-24/h1-2,7-10,26H,3-6,11,24H2,(H,25,28). The van der Waals surface area contributed by atoms with Crippen molar-refractivity contribution in [2.24, 2.45) is 5.73 Å². The number of amides is 2. The zero-order valence-electron chi connectivity index (χ0n) is 15.6. The van der Waals surface area contributed by atoms with E-state index < -0.39 is 0 Å². The summed E-state index contributed by atoms with van der Waals surface area (Å²) in [5.41, 5.74) is 9.55. The van der Waals surface area contributed by atoms with E-state index in [9.17, 15) is 9.59 Å². The van der Waals surface area contributed by atoms with Gasteiger partial charge in [0, 0.05) is 57.4 Å². The lowest BCUT2D eigenvalue weighted by molar-refractivity contribution is -0.116. The van der Waals surface area contributed by atoms with Crippen LogP contribution in [-0.2, 0) is 17.8 Å². The lowest BCUT2D eigenvalue weighted by atomic mass is 10.0. The van der Waals surface area contributed by atoms with Crippen LogP contribution < -0.4 is 11.1 Å². The molecule has 2 heterocycles. The van der Waals surface area contributed by atoms with Crippen molar-refractivity contribution in [2.75, 3.05) is 18.4 Å². The molecular weight excluding hydrogens is 411 g/mol. The highest BCUT2D eigenvalue weighted by molar-refractivity contribution is 6.31. The summed E-state index contributed by atoms with van der Waals surface area (Å²) < 4.78 is 0. The molecule has 1 aliphatic rings. The lowest BCUT2D eigenvalue weighted by Crippen LogP contribution is -2.35. The summed E-state index contributed by atoms with van der Waals surface area (Å²) in [5.74, 6) is -0.350. The van der Waals surface area contributed by atoms with E-state index in [1.165, 1.54) is 5.56 Å². The van der Waals surface area contributed by atoms with Crippen molar-refractivity contribution < 1.29 is 9.59 Å². The number of carbonyl (C=O) groups excluding carboxylic acids is 2. The predicted octanol–water partition coefficient (Wildman–Crippen LogP) is 3.96. The molecule has 4 rings (SSSR count). The van der Waals surface area contributed by atoms with Crippen molar-refractivity contribution in [3.63, 3.8) is 0 Å². The average Bonchev–Trinajstić information content (AvgIpc) is 3.04. The molecule has 4 N–H and O–H groups in total. The van der Waals surface area contributed by atoms with Crippen LogP contribution in [0.3, 0.4) is 0 Å². The Morgan fingerprint density at radius 3 is 2.76 bits per heavy atom. The summed E-state index contributed by atoms with van der Waals surface area (Å²) in [4.78, 5) is 30.1. The molecule has 0 fully saturated rings. The minimum atomic E-state index is -0.215. The highest BCUT2D eigenvalue weighted by Gasteiger charge is 2.25. The maximum Gasteiger partial charge on any atom is 0.254 e. The van der Waals surface area contributed by atoms with Crippen molar-refractivity contribution >= 4 is 51.6 Å². The van der Waals surface area contributed by atoms with Crippen molar-refractivity contribution in [3.05, 3.63) is 63.3 Å². The number of fused-ring (bicyclic) bond motifs is 3. The molecule has 8 heteroatoms. The van der Waals surface area contributed by atoms with E-state index in [1.54, 1.807) is 23.1 Å². The molecule has 6 nitrogen and oxygen atoms in total. The third kappa shape index (κ3) is 4.10. The first-order valence-electron chi connectivity index (χ1n) is 9.33. The number of halogens is 2. The van der Waals surface area contributed by atoms with Crippen LogP contribution in [0.1, 0.15) is 28.0 Å². The highest BCUT2D eigenvalue weighted by atomic mass is 35.5. The zero-order valence-corrected chi connectivity index (χ0v) is 17.1. The van der Waals surface area contributed by atoms with Gasteiger partial charge in [-0.25, -0.2) is 0 Å². The van der Waals surface area contributed by atoms with E-state index >= 15 is 0 Å². The van der Waals surface area contributed by atoms with Gasteiger partial charge in [0.25, 0.3) is 5.91 Å². The van der Waals surface area contributed by atoms with Gasteiger partial charge in [-0.1, -0.05) is 23.2 Å². The Labute approximate surface area is 178 Å². The van der Waals surface area contributed by atoms with Gasteiger partial charge in [0.05, 0.1) is 6.54 Å². The van der Waals surface area contributed by atoms with Crippen LogP contribution in [0.4, 0.5) is 5.69 Å². The fourth-order valence-corrected chi connectivity index (χ4v) is 4.12. The Morgan fingerprint density at radius 1 is 1.14 bits per heavy atom. The van der Waals surface area contributed by atoms with Crippen molar-refractivity contribution in [3.8, 4) is 0 Å². The van der Waals surface area contributed by atoms with Gasteiger partial charge in [0.15, 0.2) is 0 Å². The Morgan fingerprint density at radius 2 is 1.97 bits per heavy atom. The summed E-state index contributed by atoms with van der Waals surface area (Å²) >= 11 is 12.3. The molecular formula is C21H20Cl2N4O2. The molecule has 2 aromatic carbocycles. The molecule has 29 heavy (non-hydrogen) atoms. The molecule has 0 bridgehead atoms. The molecule has 0 spiro atoms. The number of aromatic nitrogens is 1. The normalized spacial score (nSPS) is 13.4. The summed E-state index contributed by atoms with van der Waals surface area (Å²) in [6, 6.07) is 10.6. The van der Waals surface area contributed by atoms with Crippen molar-refractivity contribution in [2.45, 2.75) is 19.4 Å². The zero-order chi connectivity index (χ0) is 20.5. The molecule has 1 aromatic heterocycles. The monoisotopic (exact) mass is 430 g/mol. The molecule has 3 aromatic rings. The number of benzene rings is 2. The third-order valence-electron chi connectivity index (χ3n) is 5.02. The van der Waals surface area contributed by atoms with Crippen molar-refractivity contribution in [1.82, 2.24) is 9.88 Å². The van der Waals surface area contributed by atoms with Crippen LogP contribution in [0.2, 0.25) is 10.0 Å². The van der Waals surface area contributed by atoms with Crippen LogP contribution in [0, 0.1) is 0 Å². The van der Waals surface area contributed by atoms with Gasteiger partial charge < -0.3 is 20.9 Å². The number of anilines is 1. The first-order chi connectivity index (χ1) is 13.9. The first-order valence-corrected chi connectivity index (χ1v) is 10.1. The van der Waals surface area contributed by atoms with Gasteiger partial charge >= 0.3 is 0 Å². The van der Waals surface area contributed by atoms with Gasteiger partial charge in [0.1, 0.15) is 0 Å². The molecule has 1 aliphatic heterocycles. The Balaban J connectivity index is 1.57. The molecule has 0 aliphatic carbocycles. The van der Waals surface area contributed by atoms with E-state index in [4.69, 9.17) is 28.9 Å². The number of H-pyrrole nitrogens is 1. The minimum absolute atomic E-state index is 0.135. The molecule has 150 valence electrons. The number of nitrogens with zero attached hydrogens (tertiary/aromatic N) is 1. The van der Waals surface area contributed by atoms with Gasteiger partial charge in [0.2, 0.25) is 5.91 Å². The number of hydrogen-bond acceptors (Lipinski definition) is 3. The Hall–Kier alpha value is -2.54. The third-order valence-corrected chi connectivity index (χ3v) is 5.48. The fraction of sp³-hybridized carbons (Fsp3) is 0.238. The largest absolute Gasteiger partial charge is 0.357 e. The summed E-state index contributed by atoms with van der Waals surface area (Å²) in [5, 5.41) is 4.91. The van der Waals surface area contributed by atoms with Crippen molar-refractivity contribution in [1.29, 1.82) is 0 Å². The SMILES string of the molecule is NCCC(=O)Nc1cc(Cl)cc(C(=O)N2CCc3c([nH]c4ccc(Cl)cc34)C2)c1. The topological polar surface area (TPSA) is 91.2 Å². The Bertz CT molecular complexity index is 1110. The van der Waals surface area contributed by atoms with E-state index in [-0.39, 0.29) is 24.8 Å². The van der Waals surface area contributed by atoms with Crippen LogP contribution in [-0.4, -0.2) is 34.8 Å². The maximum atomic E-state index is 13.1. The van der Waals surface area contributed by atoms with Gasteiger partial charge in [-0.15, -0.1) is 0 Å². The van der Waals surface area contributed by atoms with Gasteiger partial charge in [-0.3, -0.25) is 9.59 Å². The van der Waals surface area contributed by atoms with E-state index in [0.717, 1.165) is 23.0 Å². The van der Waals surface area contributed by atoms with Gasteiger partial charge in [-0.05, 0) is 48.4 Å². The molecule has 0 unspecified atom stereocenters. The number of aromatic amines is 1. The number of nitrogens with one attached hydrogen (secondary N) is 2. The van der Waals surface area contributed by atoms with E-state index in [2.05, 4.69) is 10.3 Å². The first kappa shape index (κ1) is 19.8. The van der Waals surface area contributed by atoms with Gasteiger partial charge in [-0.2, -0.15) is 0 Å². The van der Waals surface area contributed by atoms with E-state index in [1.807, 2.05) is 18.2 Å². The molecule has 0 saturated heterocycles. The maximum absolute atomic E-state index is 13.1.